The van der Waals surface area contributed by atoms with Crippen LogP contribution >= 0.6 is 11.3 Å². The van der Waals surface area contributed by atoms with E-state index in [1.54, 1.807) is 42.9 Å². The zero-order valence-electron chi connectivity index (χ0n) is 18.2. The molecule has 9 heteroatoms. The molecule has 3 aromatic carbocycles. The van der Waals surface area contributed by atoms with Crippen LogP contribution in [0.3, 0.4) is 0 Å². The number of rotatable bonds is 9. The van der Waals surface area contributed by atoms with Gasteiger partial charge in [-0.05, 0) is 42.8 Å². The minimum absolute atomic E-state index is 0.104. The van der Waals surface area contributed by atoms with Gasteiger partial charge in [-0.25, -0.2) is 13.1 Å². The van der Waals surface area contributed by atoms with Crippen molar-refractivity contribution in [1.82, 2.24) is 9.29 Å². The van der Waals surface area contributed by atoms with Gasteiger partial charge in [0.15, 0.2) is 11.5 Å². The van der Waals surface area contributed by atoms with E-state index in [4.69, 9.17) is 9.47 Å². The molecule has 0 fully saturated rings. The highest BCUT2D eigenvalue weighted by Gasteiger charge is 2.20. The Kier molecular flexibility index (Phi) is 6.83. The van der Waals surface area contributed by atoms with E-state index in [0.29, 0.717) is 28.3 Å². The van der Waals surface area contributed by atoms with Crippen LogP contribution in [0.4, 0.5) is 0 Å². The van der Waals surface area contributed by atoms with Crippen LogP contribution in [0.25, 0.3) is 10.2 Å². The number of fused-ring (bicyclic) bond motifs is 1. The fourth-order valence-corrected chi connectivity index (χ4v) is 5.71. The molecule has 4 aromatic rings. The van der Waals surface area contributed by atoms with E-state index in [2.05, 4.69) is 4.72 Å². The summed E-state index contributed by atoms with van der Waals surface area (Å²) in [6.07, 6.45) is 0. The molecule has 1 aromatic heterocycles. The second-order valence-electron chi connectivity index (χ2n) is 7.55. The zero-order chi connectivity index (χ0) is 23.4. The third kappa shape index (κ3) is 5.27. The minimum atomic E-state index is -3.80. The lowest BCUT2D eigenvalue weighted by Gasteiger charge is -2.16. The number of aromatic nitrogens is 1. The molecule has 0 radical (unpaired) electrons. The van der Waals surface area contributed by atoms with Gasteiger partial charge in [-0.1, -0.05) is 53.8 Å². The van der Waals surface area contributed by atoms with Crippen LogP contribution in [0.15, 0.2) is 82.5 Å². The Balaban J connectivity index is 1.50. The molecule has 0 bridgehead atoms. The van der Waals surface area contributed by atoms with E-state index in [-0.39, 0.29) is 16.4 Å². The van der Waals surface area contributed by atoms with Crippen LogP contribution in [0, 0.1) is 0 Å². The number of ether oxygens (including phenoxy) is 2. The molecule has 4 rings (SSSR count). The number of sulfonamides is 1. The summed E-state index contributed by atoms with van der Waals surface area (Å²) in [4.78, 5) is 12.5. The minimum Gasteiger partial charge on any atom is -0.493 e. The maximum absolute atomic E-state index is 12.9. The fraction of sp³-hybridized carbons (Fsp3) is 0.208. The van der Waals surface area contributed by atoms with Gasteiger partial charge < -0.3 is 9.47 Å². The first-order chi connectivity index (χ1) is 15.9. The Bertz CT molecular complexity index is 1410. The Labute approximate surface area is 196 Å². The Morgan fingerprint density at radius 2 is 1.70 bits per heavy atom. The quantitative estimate of drug-likeness (QED) is 0.390. The van der Waals surface area contributed by atoms with Gasteiger partial charge in [0.1, 0.15) is 6.61 Å². The van der Waals surface area contributed by atoms with Gasteiger partial charge in [0.25, 0.3) is 0 Å². The van der Waals surface area contributed by atoms with Crippen molar-refractivity contribution in [3.8, 4) is 11.5 Å². The summed E-state index contributed by atoms with van der Waals surface area (Å²) < 4.78 is 41.7. The SMILES string of the molecule is COc1ccccc1OC[C@H](C)NS(=O)(=O)c1ccc2c(c1)sc(=O)n2Cc1ccccc1. The maximum atomic E-state index is 12.9. The van der Waals surface area contributed by atoms with Gasteiger partial charge in [-0.15, -0.1) is 0 Å². The van der Waals surface area contributed by atoms with Crippen LogP contribution in [0.2, 0.25) is 0 Å². The molecular weight excluding hydrogens is 460 g/mol. The highest BCUT2D eigenvalue weighted by atomic mass is 32.2. The van der Waals surface area contributed by atoms with E-state index >= 15 is 0 Å². The fourth-order valence-electron chi connectivity index (χ4n) is 3.45. The van der Waals surface area contributed by atoms with E-state index in [1.165, 1.54) is 6.07 Å². The summed E-state index contributed by atoms with van der Waals surface area (Å²) in [5.41, 5.74) is 1.71. The van der Waals surface area contributed by atoms with Crippen LogP contribution in [0.5, 0.6) is 11.5 Å². The van der Waals surface area contributed by atoms with E-state index in [1.807, 2.05) is 42.5 Å². The van der Waals surface area contributed by atoms with Gasteiger partial charge in [0.2, 0.25) is 10.0 Å². The van der Waals surface area contributed by atoms with Crippen molar-refractivity contribution in [3.63, 3.8) is 0 Å². The molecule has 0 unspecified atom stereocenters. The maximum Gasteiger partial charge on any atom is 0.308 e. The largest absolute Gasteiger partial charge is 0.493 e. The molecule has 7 nitrogen and oxygen atoms in total. The number of hydrogen-bond donors (Lipinski definition) is 1. The number of nitrogens with zero attached hydrogens (tertiary/aromatic N) is 1. The highest BCUT2D eigenvalue weighted by molar-refractivity contribution is 7.89. The number of methoxy groups -OCH3 is 1. The van der Waals surface area contributed by atoms with Gasteiger partial charge in [0, 0.05) is 0 Å². The summed E-state index contributed by atoms with van der Waals surface area (Å²) in [5.74, 6) is 1.12. The lowest BCUT2D eigenvalue weighted by molar-refractivity contribution is 0.271. The summed E-state index contributed by atoms with van der Waals surface area (Å²) in [6.45, 7) is 2.28. The van der Waals surface area contributed by atoms with Crippen LogP contribution in [0.1, 0.15) is 12.5 Å². The third-order valence-electron chi connectivity index (χ3n) is 5.05. The third-order valence-corrected chi connectivity index (χ3v) is 7.58. The average Bonchev–Trinajstić information content (AvgIpc) is 3.12. The van der Waals surface area contributed by atoms with Crippen LogP contribution in [-0.2, 0) is 16.6 Å². The van der Waals surface area contributed by atoms with Gasteiger partial charge in [-0.2, -0.15) is 0 Å². The second kappa shape index (κ2) is 9.78. The van der Waals surface area contributed by atoms with E-state index in [9.17, 15) is 13.2 Å². The predicted octanol–water partition coefficient (Wildman–Crippen LogP) is 3.87. The molecule has 0 aliphatic heterocycles. The number of nitrogens with one attached hydrogen (secondary N) is 1. The molecule has 0 saturated heterocycles. The summed E-state index contributed by atoms with van der Waals surface area (Å²) in [5, 5.41) is 0. The lowest BCUT2D eigenvalue weighted by atomic mass is 10.2. The Morgan fingerprint density at radius 3 is 2.42 bits per heavy atom. The van der Waals surface area contributed by atoms with Crippen molar-refractivity contribution >= 4 is 31.6 Å². The zero-order valence-corrected chi connectivity index (χ0v) is 19.9. The molecule has 172 valence electrons. The highest BCUT2D eigenvalue weighted by Crippen LogP contribution is 2.26. The van der Waals surface area contributed by atoms with Crippen molar-refractivity contribution in [2.24, 2.45) is 0 Å². The average molecular weight is 485 g/mol. The molecule has 0 aliphatic rings. The predicted molar refractivity (Wildman–Crippen MR) is 130 cm³/mol. The first-order valence-corrected chi connectivity index (χ1v) is 12.6. The standard InChI is InChI=1S/C24H24N2O5S2/c1-17(16-31-22-11-7-6-10-21(22)30-2)25-33(28,29)19-12-13-20-23(14-19)32-24(27)26(20)15-18-8-4-3-5-9-18/h3-14,17,25H,15-16H2,1-2H3/t17-/m0/s1. The summed E-state index contributed by atoms with van der Waals surface area (Å²) in [6, 6.07) is 21.1. The van der Waals surface area contributed by atoms with Gasteiger partial charge >= 0.3 is 4.87 Å². The molecule has 0 aliphatic carbocycles. The monoisotopic (exact) mass is 484 g/mol. The van der Waals surface area contributed by atoms with Crippen LogP contribution in [-0.4, -0.2) is 32.7 Å². The van der Waals surface area contributed by atoms with Crippen molar-refractivity contribution in [2.45, 2.75) is 24.4 Å². The second-order valence-corrected chi connectivity index (χ2v) is 10.3. The summed E-state index contributed by atoms with van der Waals surface area (Å²) in [7, 11) is -2.25. The Hall–Kier alpha value is -3.14. The van der Waals surface area contributed by atoms with Gasteiger partial charge in [0.05, 0.1) is 34.8 Å². The molecule has 0 amide bonds. The molecule has 1 heterocycles. The van der Waals surface area contributed by atoms with Crippen molar-refractivity contribution in [2.75, 3.05) is 13.7 Å². The molecule has 1 atom stereocenters. The summed E-state index contributed by atoms with van der Waals surface area (Å²) >= 11 is 1.04. The van der Waals surface area contributed by atoms with E-state index in [0.717, 1.165) is 16.9 Å². The number of hydrogen-bond acceptors (Lipinski definition) is 6. The molecule has 1 N–H and O–H groups in total. The number of para-hydroxylation sites is 2. The van der Waals surface area contributed by atoms with Crippen molar-refractivity contribution in [3.05, 3.63) is 88.0 Å². The number of benzene rings is 3. The number of thiazole rings is 1. The Morgan fingerprint density at radius 1 is 1.00 bits per heavy atom. The molecule has 0 spiro atoms. The van der Waals surface area contributed by atoms with Crippen molar-refractivity contribution in [1.29, 1.82) is 0 Å². The molecule has 0 saturated carbocycles. The van der Waals surface area contributed by atoms with Crippen molar-refractivity contribution < 1.29 is 17.9 Å². The lowest BCUT2D eigenvalue weighted by Crippen LogP contribution is -2.36. The first-order valence-electron chi connectivity index (χ1n) is 10.3. The smallest absolute Gasteiger partial charge is 0.308 e. The molecular formula is C24H24N2O5S2. The van der Waals surface area contributed by atoms with Crippen LogP contribution < -0.4 is 19.1 Å². The van der Waals surface area contributed by atoms with E-state index < -0.39 is 16.1 Å². The topological polar surface area (TPSA) is 86.6 Å². The molecule has 33 heavy (non-hydrogen) atoms. The first kappa shape index (κ1) is 23.0. The van der Waals surface area contributed by atoms with Gasteiger partial charge in [-0.3, -0.25) is 9.36 Å². The normalized spacial score (nSPS) is 12.5.